The summed E-state index contributed by atoms with van der Waals surface area (Å²) >= 11 is 0. The topological polar surface area (TPSA) is 42.4 Å². The number of pyridine rings is 1. The van der Waals surface area contributed by atoms with E-state index in [-0.39, 0.29) is 5.91 Å². The Morgan fingerprint density at radius 2 is 2.22 bits per heavy atom. The minimum Gasteiger partial charge on any atom is -0.495 e. The van der Waals surface area contributed by atoms with Gasteiger partial charge >= 0.3 is 0 Å². The normalized spacial score (nSPS) is 13.9. The molecule has 1 aliphatic rings. The maximum absolute atomic E-state index is 12.1. The van der Waals surface area contributed by atoms with E-state index in [4.69, 9.17) is 4.74 Å². The van der Waals surface area contributed by atoms with Gasteiger partial charge in [-0.2, -0.15) is 0 Å². The van der Waals surface area contributed by atoms with Gasteiger partial charge in [0.25, 0.3) is 5.91 Å². The third-order valence-electron chi connectivity index (χ3n) is 3.31. The Morgan fingerprint density at radius 3 is 2.94 bits per heavy atom. The van der Waals surface area contributed by atoms with Gasteiger partial charge in [-0.1, -0.05) is 26.2 Å². The number of carbonyl (C=O) groups is 1. The van der Waals surface area contributed by atoms with Crippen molar-refractivity contribution in [2.75, 3.05) is 13.7 Å². The molecule has 0 fully saturated rings. The molecule has 1 amide bonds. The van der Waals surface area contributed by atoms with E-state index < -0.39 is 0 Å². The van der Waals surface area contributed by atoms with Crippen LogP contribution in [0.3, 0.4) is 0 Å². The van der Waals surface area contributed by atoms with E-state index in [1.807, 2.05) is 11.0 Å². The van der Waals surface area contributed by atoms with E-state index in [2.05, 4.69) is 11.9 Å². The molecular weight excluding hydrogens is 228 g/mol. The minimum absolute atomic E-state index is 0.0594. The molecule has 1 aromatic heterocycles. The van der Waals surface area contributed by atoms with Crippen LogP contribution in [0.2, 0.25) is 0 Å². The van der Waals surface area contributed by atoms with Crippen molar-refractivity contribution < 1.29 is 9.53 Å². The summed E-state index contributed by atoms with van der Waals surface area (Å²) in [6.45, 7) is 3.69. The predicted molar refractivity (Wildman–Crippen MR) is 69.7 cm³/mol. The van der Waals surface area contributed by atoms with Crippen LogP contribution >= 0.6 is 0 Å². The fourth-order valence-corrected chi connectivity index (χ4v) is 2.25. The van der Waals surface area contributed by atoms with E-state index in [0.29, 0.717) is 12.2 Å². The Balaban J connectivity index is 1.97. The van der Waals surface area contributed by atoms with Gasteiger partial charge in [0.1, 0.15) is 11.4 Å². The van der Waals surface area contributed by atoms with E-state index in [1.165, 1.54) is 19.3 Å². The number of carbonyl (C=O) groups excluding carboxylic acids is 1. The quantitative estimate of drug-likeness (QED) is 0.727. The molecule has 0 radical (unpaired) electrons. The number of hydrogen-bond acceptors (Lipinski definition) is 3. The number of methoxy groups -OCH3 is 1. The van der Waals surface area contributed by atoms with Gasteiger partial charge in [-0.05, 0) is 12.5 Å². The first-order valence-electron chi connectivity index (χ1n) is 6.58. The zero-order valence-corrected chi connectivity index (χ0v) is 11.1. The molecule has 0 N–H and O–H groups in total. The van der Waals surface area contributed by atoms with Gasteiger partial charge in [0, 0.05) is 18.7 Å². The van der Waals surface area contributed by atoms with Crippen molar-refractivity contribution in [1.82, 2.24) is 9.88 Å². The summed E-state index contributed by atoms with van der Waals surface area (Å²) < 4.78 is 5.13. The maximum Gasteiger partial charge on any atom is 0.273 e. The molecule has 0 unspecified atom stereocenters. The molecule has 1 aliphatic heterocycles. The van der Waals surface area contributed by atoms with Gasteiger partial charge in [0.15, 0.2) is 0 Å². The largest absolute Gasteiger partial charge is 0.495 e. The number of aromatic nitrogens is 1. The smallest absolute Gasteiger partial charge is 0.273 e. The first-order chi connectivity index (χ1) is 8.76. The molecule has 0 aromatic carbocycles. The predicted octanol–water partition coefficient (Wildman–Crippen LogP) is 2.63. The zero-order valence-electron chi connectivity index (χ0n) is 11.1. The van der Waals surface area contributed by atoms with Crippen LogP contribution in [0.25, 0.3) is 0 Å². The van der Waals surface area contributed by atoms with Gasteiger partial charge in [-0.3, -0.25) is 4.79 Å². The van der Waals surface area contributed by atoms with E-state index in [0.717, 1.165) is 24.3 Å². The first kappa shape index (κ1) is 12.9. The highest BCUT2D eigenvalue weighted by Crippen LogP contribution is 2.24. The lowest BCUT2D eigenvalue weighted by atomic mass is 10.2. The Labute approximate surface area is 108 Å². The van der Waals surface area contributed by atoms with Crippen LogP contribution in [-0.2, 0) is 6.54 Å². The maximum atomic E-state index is 12.1. The van der Waals surface area contributed by atoms with Crippen LogP contribution in [0.5, 0.6) is 5.75 Å². The lowest BCUT2D eigenvalue weighted by Crippen LogP contribution is -2.25. The number of hydrogen-bond donors (Lipinski definition) is 0. The molecule has 0 aliphatic carbocycles. The van der Waals surface area contributed by atoms with E-state index in [1.54, 1.807) is 13.3 Å². The van der Waals surface area contributed by atoms with Crippen LogP contribution in [0.4, 0.5) is 0 Å². The number of nitrogens with zero attached hydrogens (tertiary/aromatic N) is 2. The number of fused-ring (bicyclic) bond motifs is 1. The molecule has 2 heterocycles. The molecule has 18 heavy (non-hydrogen) atoms. The zero-order chi connectivity index (χ0) is 13.0. The summed E-state index contributed by atoms with van der Waals surface area (Å²) in [6, 6.07) is 1.91. The molecule has 1 aromatic rings. The highest BCUT2D eigenvalue weighted by atomic mass is 16.5. The number of ether oxygens (including phenoxy) is 1. The summed E-state index contributed by atoms with van der Waals surface area (Å²) in [5, 5.41) is 0. The van der Waals surface area contributed by atoms with Crippen molar-refractivity contribution in [2.45, 2.75) is 39.2 Å². The van der Waals surface area contributed by atoms with Crippen LogP contribution in [-0.4, -0.2) is 29.4 Å². The summed E-state index contributed by atoms with van der Waals surface area (Å²) in [5.41, 5.74) is 1.57. The van der Waals surface area contributed by atoms with Crippen molar-refractivity contribution in [3.8, 4) is 5.75 Å². The standard InChI is InChI=1S/C14H20N2O2/c1-3-4-5-6-7-16-10-11-8-12(18-2)9-15-13(11)14(16)17/h8-9H,3-7,10H2,1-2H3. The molecular formula is C14H20N2O2. The Kier molecular flexibility index (Phi) is 4.18. The SMILES string of the molecule is CCCCCCN1Cc2cc(OC)cnc2C1=O. The van der Waals surface area contributed by atoms with Crippen LogP contribution in [0.1, 0.15) is 48.7 Å². The van der Waals surface area contributed by atoms with Gasteiger partial charge in [0.05, 0.1) is 13.3 Å². The van der Waals surface area contributed by atoms with E-state index >= 15 is 0 Å². The summed E-state index contributed by atoms with van der Waals surface area (Å²) in [6.07, 6.45) is 6.32. The molecule has 98 valence electrons. The average Bonchev–Trinajstić information content (AvgIpc) is 2.71. The summed E-state index contributed by atoms with van der Waals surface area (Å²) in [5.74, 6) is 0.776. The summed E-state index contributed by atoms with van der Waals surface area (Å²) in [4.78, 5) is 18.2. The van der Waals surface area contributed by atoms with Crippen molar-refractivity contribution >= 4 is 5.91 Å². The molecule has 0 spiro atoms. The Morgan fingerprint density at radius 1 is 1.39 bits per heavy atom. The highest BCUT2D eigenvalue weighted by Gasteiger charge is 2.28. The number of unbranched alkanes of at least 4 members (excludes halogenated alkanes) is 3. The van der Waals surface area contributed by atoms with Crippen LogP contribution in [0.15, 0.2) is 12.3 Å². The summed E-state index contributed by atoms with van der Waals surface area (Å²) in [7, 11) is 1.61. The molecule has 2 rings (SSSR count). The third kappa shape index (κ3) is 2.63. The third-order valence-corrected chi connectivity index (χ3v) is 3.31. The average molecular weight is 248 g/mol. The second-order valence-electron chi connectivity index (χ2n) is 4.67. The second kappa shape index (κ2) is 5.85. The molecule has 0 bridgehead atoms. The van der Waals surface area contributed by atoms with Gasteiger partial charge < -0.3 is 9.64 Å². The monoisotopic (exact) mass is 248 g/mol. The Hall–Kier alpha value is -1.58. The van der Waals surface area contributed by atoms with Gasteiger partial charge in [-0.25, -0.2) is 4.98 Å². The molecule has 4 heteroatoms. The number of rotatable bonds is 6. The van der Waals surface area contributed by atoms with Crippen molar-refractivity contribution in [3.05, 3.63) is 23.5 Å². The first-order valence-corrected chi connectivity index (χ1v) is 6.58. The Bertz CT molecular complexity index is 432. The van der Waals surface area contributed by atoms with Gasteiger partial charge in [-0.15, -0.1) is 0 Å². The highest BCUT2D eigenvalue weighted by molar-refractivity contribution is 5.96. The van der Waals surface area contributed by atoms with Gasteiger partial charge in [0.2, 0.25) is 0 Å². The number of amides is 1. The van der Waals surface area contributed by atoms with Crippen LogP contribution < -0.4 is 4.74 Å². The molecule has 0 saturated carbocycles. The minimum atomic E-state index is 0.0594. The van der Waals surface area contributed by atoms with Crippen LogP contribution in [0, 0.1) is 0 Å². The molecule has 0 saturated heterocycles. The second-order valence-corrected chi connectivity index (χ2v) is 4.67. The fraction of sp³-hybridized carbons (Fsp3) is 0.571. The lowest BCUT2D eigenvalue weighted by molar-refractivity contribution is 0.0771. The lowest BCUT2D eigenvalue weighted by Gasteiger charge is -2.14. The fourth-order valence-electron chi connectivity index (χ4n) is 2.25. The van der Waals surface area contributed by atoms with Crippen molar-refractivity contribution in [1.29, 1.82) is 0 Å². The van der Waals surface area contributed by atoms with Crippen molar-refractivity contribution in [2.24, 2.45) is 0 Å². The molecule has 0 atom stereocenters. The van der Waals surface area contributed by atoms with E-state index in [9.17, 15) is 4.79 Å². The van der Waals surface area contributed by atoms with Crippen molar-refractivity contribution in [3.63, 3.8) is 0 Å². The molecule has 4 nitrogen and oxygen atoms in total.